The number of carbonyl (C=O) groups is 2. The normalized spacial score (nSPS) is 14.1. The average molecular weight is 440 g/mol. The van der Waals surface area contributed by atoms with Crippen molar-refractivity contribution in [1.29, 1.82) is 0 Å². The molecule has 0 saturated carbocycles. The van der Waals surface area contributed by atoms with Gasteiger partial charge >= 0.3 is 0 Å². The number of benzene rings is 1. The number of furan rings is 1. The van der Waals surface area contributed by atoms with E-state index >= 15 is 0 Å². The third-order valence-electron chi connectivity index (χ3n) is 5.29. The van der Waals surface area contributed by atoms with Crippen LogP contribution in [0.1, 0.15) is 28.9 Å². The lowest BCUT2D eigenvalue weighted by molar-refractivity contribution is -0.129. The Morgan fingerprint density at radius 2 is 1.74 bits per heavy atom. The Hall–Kier alpha value is -3.07. The van der Waals surface area contributed by atoms with Crippen molar-refractivity contribution in [3.63, 3.8) is 0 Å². The lowest BCUT2D eigenvalue weighted by atomic mass is 10.1. The molecule has 0 aliphatic carbocycles. The van der Waals surface area contributed by atoms with E-state index in [2.05, 4.69) is 33.8 Å². The molecule has 3 heterocycles. The molecule has 4 rings (SSSR count). The van der Waals surface area contributed by atoms with Crippen molar-refractivity contribution in [2.75, 3.05) is 31.9 Å². The van der Waals surface area contributed by atoms with Crippen molar-refractivity contribution in [1.82, 2.24) is 24.6 Å². The molecule has 31 heavy (non-hydrogen) atoms. The molecule has 1 aliphatic rings. The molecular weight excluding hydrogens is 414 g/mol. The largest absolute Gasteiger partial charge is 0.459 e. The fraction of sp³-hybridized carbons (Fsp3) is 0.364. The van der Waals surface area contributed by atoms with Crippen molar-refractivity contribution < 1.29 is 14.0 Å². The van der Waals surface area contributed by atoms with Crippen molar-refractivity contribution in [3.05, 3.63) is 65.9 Å². The molecule has 0 atom stereocenters. The Morgan fingerprint density at radius 3 is 2.42 bits per heavy atom. The quantitative estimate of drug-likeness (QED) is 0.526. The summed E-state index contributed by atoms with van der Waals surface area (Å²) in [5.41, 5.74) is 1.18. The standard InChI is InChI=1S/C22H25N5O3S/c1-2-27-19(15-17-7-4-3-5-8-17)23-24-22(27)31-16-20(28)25-10-12-26(13-11-25)21(29)18-9-6-14-30-18/h3-9,14H,2,10-13,15-16H2,1H3. The number of aromatic nitrogens is 3. The lowest BCUT2D eigenvalue weighted by Gasteiger charge is -2.34. The summed E-state index contributed by atoms with van der Waals surface area (Å²) in [4.78, 5) is 28.6. The minimum atomic E-state index is -0.131. The van der Waals surface area contributed by atoms with Crippen molar-refractivity contribution in [3.8, 4) is 0 Å². The van der Waals surface area contributed by atoms with Crippen LogP contribution in [0.3, 0.4) is 0 Å². The molecule has 8 nitrogen and oxygen atoms in total. The van der Waals surface area contributed by atoms with E-state index in [9.17, 15) is 9.59 Å². The highest BCUT2D eigenvalue weighted by Crippen LogP contribution is 2.20. The Kier molecular flexibility index (Phi) is 6.71. The number of hydrogen-bond donors (Lipinski definition) is 0. The maximum Gasteiger partial charge on any atom is 0.289 e. The van der Waals surface area contributed by atoms with Gasteiger partial charge in [0.15, 0.2) is 10.9 Å². The molecule has 0 spiro atoms. The highest BCUT2D eigenvalue weighted by molar-refractivity contribution is 7.99. The van der Waals surface area contributed by atoms with Crippen LogP contribution in [0.15, 0.2) is 58.3 Å². The van der Waals surface area contributed by atoms with E-state index in [4.69, 9.17) is 4.42 Å². The van der Waals surface area contributed by atoms with Gasteiger partial charge in [0.1, 0.15) is 5.82 Å². The van der Waals surface area contributed by atoms with Crippen LogP contribution in [0.2, 0.25) is 0 Å². The molecule has 162 valence electrons. The molecule has 0 unspecified atom stereocenters. The molecule has 0 bridgehead atoms. The summed E-state index contributed by atoms with van der Waals surface area (Å²) in [5, 5.41) is 9.40. The summed E-state index contributed by atoms with van der Waals surface area (Å²) in [6.45, 7) is 4.85. The monoisotopic (exact) mass is 439 g/mol. The fourth-order valence-corrected chi connectivity index (χ4v) is 4.51. The summed E-state index contributed by atoms with van der Waals surface area (Å²) < 4.78 is 7.24. The molecule has 1 fully saturated rings. The first kappa shape index (κ1) is 21.2. The number of amides is 2. The zero-order chi connectivity index (χ0) is 21.6. The molecule has 0 radical (unpaired) electrons. The molecule has 9 heteroatoms. The molecule has 2 aromatic heterocycles. The molecule has 0 N–H and O–H groups in total. The van der Waals surface area contributed by atoms with Crippen molar-refractivity contribution >= 4 is 23.6 Å². The van der Waals surface area contributed by atoms with Gasteiger partial charge in [-0.05, 0) is 24.6 Å². The zero-order valence-corrected chi connectivity index (χ0v) is 18.3. The van der Waals surface area contributed by atoms with Crippen LogP contribution in [0.25, 0.3) is 0 Å². The van der Waals surface area contributed by atoms with E-state index in [0.717, 1.165) is 17.5 Å². The summed E-state index contributed by atoms with van der Waals surface area (Å²) in [7, 11) is 0. The predicted molar refractivity (Wildman–Crippen MR) is 117 cm³/mol. The number of hydrogen-bond acceptors (Lipinski definition) is 6. The Balaban J connectivity index is 1.30. The maximum absolute atomic E-state index is 12.7. The van der Waals surface area contributed by atoms with Gasteiger partial charge in [-0.15, -0.1) is 10.2 Å². The van der Waals surface area contributed by atoms with Gasteiger partial charge in [0.2, 0.25) is 5.91 Å². The highest BCUT2D eigenvalue weighted by Gasteiger charge is 2.26. The molecule has 1 aromatic carbocycles. The predicted octanol–water partition coefficient (Wildman–Crippen LogP) is 2.56. The van der Waals surface area contributed by atoms with Crippen LogP contribution in [0, 0.1) is 0 Å². The number of nitrogens with zero attached hydrogens (tertiary/aromatic N) is 5. The van der Waals surface area contributed by atoms with Crippen LogP contribution in [-0.2, 0) is 17.8 Å². The molecular formula is C22H25N5O3S. The second kappa shape index (κ2) is 9.82. The molecule has 1 saturated heterocycles. The van der Waals surface area contributed by atoms with Gasteiger partial charge in [-0.25, -0.2) is 0 Å². The minimum Gasteiger partial charge on any atom is -0.459 e. The van der Waals surface area contributed by atoms with Gasteiger partial charge in [0, 0.05) is 39.1 Å². The van der Waals surface area contributed by atoms with E-state index in [1.54, 1.807) is 21.9 Å². The van der Waals surface area contributed by atoms with Crippen LogP contribution in [0.5, 0.6) is 0 Å². The van der Waals surface area contributed by atoms with E-state index in [1.165, 1.54) is 23.6 Å². The van der Waals surface area contributed by atoms with Crippen LogP contribution in [-0.4, -0.2) is 68.3 Å². The second-order valence-corrected chi connectivity index (χ2v) is 8.19. The lowest BCUT2D eigenvalue weighted by Crippen LogP contribution is -2.51. The summed E-state index contributed by atoms with van der Waals surface area (Å²) >= 11 is 1.41. The van der Waals surface area contributed by atoms with E-state index in [1.807, 2.05) is 18.2 Å². The number of piperazine rings is 1. The third-order valence-corrected chi connectivity index (χ3v) is 6.24. The van der Waals surface area contributed by atoms with Crippen LogP contribution in [0.4, 0.5) is 0 Å². The van der Waals surface area contributed by atoms with Gasteiger partial charge < -0.3 is 18.8 Å². The van der Waals surface area contributed by atoms with Crippen LogP contribution >= 0.6 is 11.8 Å². The smallest absolute Gasteiger partial charge is 0.289 e. The third kappa shape index (κ3) is 4.99. The van der Waals surface area contributed by atoms with Crippen molar-refractivity contribution in [2.24, 2.45) is 0 Å². The Bertz CT molecular complexity index is 1010. The highest BCUT2D eigenvalue weighted by atomic mass is 32.2. The fourth-order valence-electron chi connectivity index (χ4n) is 3.59. The molecule has 3 aromatic rings. The molecule has 1 aliphatic heterocycles. The van der Waals surface area contributed by atoms with Crippen molar-refractivity contribution in [2.45, 2.75) is 25.0 Å². The molecule has 2 amide bonds. The van der Waals surface area contributed by atoms with E-state index in [0.29, 0.717) is 44.1 Å². The number of carbonyl (C=O) groups excluding carboxylic acids is 2. The topological polar surface area (TPSA) is 84.5 Å². The minimum absolute atomic E-state index is 0.0466. The van der Waals surface area contributed by atoms with E-state index < -0.39 is 0 Å². The van der Waals surface area contributed by atoms with Gasteiger partial charge in [-0.1, -0.05) is 42.1 Å². The number of rotatable bonds is 7. The SMILES string of the molecule is CCn1c(Cc2ccccc2)nnc1SCC(=O)N1CCN(C(=O)c2ccco2)CC1. The second-order valence-electron chi connectivity index (χ2n) is 7.24. The summed E-state index contributed by atoms with van der Waals surface area (Å²) in [6, 6.07) is 13.5. The summed E-state index contributed by atoms with van der Waals surface area (Å²) in [5.74, 6) is 1.45. The van der Waals surface area contributed by atoms with Gasteiger partial charge in [0.25, 0.3) is 5.91 Å². The zero-order valence-electron chi connectivity index (χ0n) is 17.4. The average Bonchev–Trinajstić information content (AvgIpc) is 3.48. The first-order valence-electron chi connectivity index (χ1n) is 10.3. The maximum atomic E-state index is 12.7. The number of thioether (sulfide) groups is 1. The van der Waals surface area contributed by atoms with Gasteiger partial charge in [0.05, 0.1) is 12.0 Å². The Morgan fingerprint density at radius 1 is 1.00 bits per heavy atom. The van der Waals surface area contributed by atoms with Gasteiger partial charge in [-0.3, -0.25) is 9.59 Å². The Labute approximate surface area is 185 Å². The first-order valence-corrected chi connectivity index (χ1v) is 11.3. The van der Waals surface area contributed by atoms with Gasteiger partial charge in [-0.2, -0.15) is 0 Å². The summed E-state index contributed by atoms with van der Waals surface area (Å²) in [6.07, 6.45) is 2.20. The van der Waals surface area contributed by atoms with Crippen LogP contribution < -0.4 is 0 Å². The first-order chi connectivity index (χ1) is 15.2. The van der Waals surface area contributed by atoms with E-state index in [-0.39, 0.29) is 11.8 Å².